The third kappa shape index (κ3) is 7.41. The molecule has 5 N–H and O–H groups in total. The highest BCUT2D eigenvalue weighted by Crippen LogP contribution is 2.35. The number of hydrogen-bond donors (Lipinski definition) is 4. The third-order valence-corrected chi connectivity index (χ3v) is 7.69. The van der Waals surface area contributed by atoms with E-state index in [9.17, 15) is 22.8 Å². The maximum absolute atomic E-state index is 13.6. The number of aromatic amines is 1. The lowest BCUT2D eigenvalue weighted by molar-refractivity contribution is -0.140. The lowest BCUT2D eigenvalue weighted by Gasteiger charge is -2.28. The van der Waals surface area contributed by atoms with Crippen LogP contribution >= 0.6 is 0 Å². The molecule has 1 atom stereocenters. The molecule has 1 aliphatic carbocycles. The van der Waals surface area contributed by atoms with Crippen molar-refractivity contribution in [2.75, 3.05) is 11.9 Å². The Morgan fingerprint density at radius 2 is 1.77 bits per heavy atom. The largest absolute Gasteiger partial charge is 0.433 e. The average molecular weight is 593 g/mol. The van der Waals surface area contributed by atoms with Gasteiger partial charge in [0.05, 0.1) is 0 Å². The quantitative estimate of drug-likeness (QED) is 0.225. The van der Waals surface area contributed by atoms with E-state index in [1.54, 1.807) is 48.5 Å². The fourth-order valence-corrected chi connectivity index (χ4v) is 5.34. The highest BCUT2D eigenvalue weighted by molar-refractivity contribution is 5.97. The number of pyridine rings is 1. The third-order valence-electron chi connectivity index (χ3n) is 7.69. The van der Waals surface area contributed by atoms with Crippen LogP contribution in [-0.4, -0.2) is 50.0 Å². The first-order valence-corrected chi connectivity index (χ1v) is 14.0. The van der Waals surface area contributed by atoms with Crippen LogP contribution < -0.4 is 16.4 Å². The van der Waals surface area contributed by atoms with Crippen LogP contribution in [0.3, 0.4) is 0 Å². The first kappa shape index (κ1) is 29.8. The number of nitrogens with two attached hydrogens (primary N) is 1. The predicted octanol–water partition coefficient (Wildman–Crippen LogP) is 4.38. The van der Waals surface area contributed by atoms with Gasteiger partial charge in [0.15, 0.2) is 5.69 Å². The van der Waals surface area contributed by atoms with Crippen LogP contribution in [-0.2, 0) is 22.2 Å². The Hall–Kier alpha value is -4.65. The standard InChI is InChI=1S/C30H31F3N8O2/c31-30(32,33)26-24(5-2-14-35-26)22-4-1-3-19(15-22)16-25(37-28(42)21-8-6-18(17-34)7-9-21)29(43)36-23-12-10-20(11-13-23)27-38-40-41-39-27/h1-5,10-15,18,21,25H,6-9,16-17,34H2,(H,36,43)(H,37,42)(H,38,39,40,41)/t18?,21?,25-/m0/s1. The number of aromatic nitrogens is 5. The molecule has 0 aliphatic heterocycles. The minimum atomic E-state index is -4.63. The SMILES string of the molecule is NCC1CCC(C(=O)N[C@@H](Cc2cccc(-c3cccnc3C(F)(F)F)c2)C(=O)Nc2ccc(-c3nn[nH]n3)cc2)CC1. The summed E-state index contributed by atoms with van der Waals surface area (Å²) in [4.78, 5) is 30.4. The minimum Gasteiger partial charge on any atom is -0.344 e. The molecule has 4 aromatic rings. The highest BCUT2D eigenvalue weighted by Gasteiger charge is 2.35. The van der Waals surface area contributed by atoms with Crippen LogP contribution in [0, 0.1) is 11.8 Å². The molecule has 0 spiro atoms. The van der Waals surface area contributed by atoms with Crippen molar-refractivity contribution in [1.82, 2.24) is 30.9 Å². The van der Waals surface area contributed by atoms with Gasteiger partial charge >= 0.3 is 6.18 Å². The van der Waals surface area contributed by atoms with E-state index < -0.39 is 23.8 Å². The van der Waals surface area contributed by atoms with Crippen LogP contribution in [0.25, 0.3) is 22.5 Å². The summed E-state index contributed by atoms with van der Waals surface area (Å²) in [6, 6.07) is 15.1. The van der Waals surface area contributed by atoms with Crippen molar-refractivity contribution in [3.05, 3.63) is 78.1 Å². The number of alkyl halides is 3. The molecule has 1 saturated carbocycles. The van der Waals surface area contributed by atoms with Crippen LogP contribution in [0.2, 0.25) is 0 Å². The Balaban J connectivity index is 1.37. The number of rotatable bonds is 9. The average Bonchev–Trinajstić information content (AvgIpc) is 3.56. The number of nitrogens with zero attached hydrogens (tertiary/aromatic N) is 4. The molecule has 1 aliphatic rings. The van der Waals surface area contributed by atoms with Gasteiger partial charge < -0.3 is 16.4 Å². The second kappa shape index (κ2) is 13.1. The second-order valence-corrected chi connectivity index (χ2v) is 10.6. The van der Waals surface area contributed by atoms with E-state index in [4.69, 9.17) is 5.73 Å². The van der Waals surface area contributed by atoms with Gasteiger partial charge in [-0.25, -0.2) is 0 Å². The van der Waals surface area contributed by atoms with E-state index in [2.05, 4.69) is 36.2 Å². The topological polar surface area (TPSA) is 152 Å². The lowest BCUT2D eigenvalue weighted by atomic mass is 9.81. The molecule has 0 saturated heterocycles. The Labute approximate surface area is 245 Å². The van der Waals surface area contributed by atoms with Gasteiger partial charge in [0.25, 0.3) is 0 Å². The second-order valence-electron chi connectivity index (χ2n) is 10.6. The summed E-state index contributed by atoms with van der Waals surface area (Å²) in [5.41, 5.74) is 6.79. The molecule has 1 fully saturated rings. The van der Waals surface area contributed by atoms with Gasteiger partial charge in [-0.2, -0.15) is 18.4 Å². The molecule has 0 unspecified atom stereocenters. The summed E-state index contributed by atoms with van der Waals surface area (Å²) in [5.74, 6) is -0.154. The van der Waals surface area contributed by atoms with Crippen molar-refractivity contribution in [3.63, 3.8) is 0 Å². The van der Waals surface area contributed by atoms with E-state index in [1.165, 1.54) is 12.1 Å². The Bertz CT molecular complexity index is 1540. The van der Waals surface area contributed by atoms with Crippen LogP contribution in [0.15, 0.2) is 66.9 Å². The maximum atomic E-state index is 13.6. The number of nitrogens with one attached hydrogen (secondary N) is 3. The molecule has 2 aromatic carbocycles. The van der Waals surface area contributed by atoms with Crippen molar-refractivity contribution in [3.8, 4) is 22.5 Å². The number of hydrogen-bond acceptors (Lipinski definition) is 7. The van der Waals surface area contributed by atoms with Gasteiger partial charge in [-0.1, -0.05) is 30.3 Å². The highest BCUT2D eigenvalue weighted by atomic mass is 19.4. The molecule has 0 radical (unpaired) electrons. The normalized spacial score (nSPS) is 17.7. The maximum Gasteiger partial charge on any atom is 0.433 e. The van der Waals surface area contributed by atoms with Crippen LogP contribution in [0.4, 0.5) is 18.9 Å². The van der Waals surface area contributed by atoms with Crippen molar-refractivity contribution in [2.24, 2.45) is 17.6 Å². The van der Waals surface area contributed by atoms with E-state index >= 15 is 0 Å². The number of anilines is 1. The smallest absolute Gasteiger partial charge is 0.344 e. The number of tetrazole rings is 1. The number of benzene rings is 2. The van der Waals surface area contributed by atoms with Crippen molar-refractivity contribution in [2.45, 2.75) is 44.3 Å². The summed E-state index contributed by atoms with van der Waals surface area (Å²) >= 11 is 0. The van der Waals surface area contributed by atoms with Crippen molar-refractivity contribution < 1.29 is 22.8 Å². The fourth-order valence-electron chi connectivity index (χ4n) is 5.34. The molecule has 13 heteroatoms. The zero-order valence-electron chi connectivity index (χ0n) is 23.1. The van der Waals surface area contributed by atoms with Gasteiger partial charge in [-0.05, 0) is 84.8 Å². The van der Waals surface area contributed by atoms with Gasteiger partial charge in [-0.15, -0.1) is 10.2 Å². The van der Waals surface area contributed by atoms with Crippen LogP contribution in [0.5, 0.6) is 0 Å². The molecule has 2 aromatic heterocycles. The summed E-state index contributed by atoms with van der Waals surface area (Å²) in [6.45, 7) is 0.578. The summed E-state index contributed by atoms with van der Waals surface area (Å²) < 4.78 is 40.9. The van der Waals surface area contributed by atoms with Gasteiger partial charge in [-0.3, -0.25) is 14.6 Å². The molecule has 0 bridgehead atoms. The van der Waals surface area contributed by atoms with E-state index in [-0.39, 0.29) is 23.8 Å². The van der Waals surface area contributed by atoms with Gasteiger partial charge in [0.2, 0.25) is 17.6 Å². The molecule has 2 heterocycles. The Morgan fingerprint density at radius 1 is 1.00 bits per heavy atom. The van der Waals surface area contributed by atoms with Gasteiger partial charge in [0, 0.05) is 35.3 Å². The number of H-pyrrole nitrogens is 1. The number of carbonyl (C=O) groups is 2. The molecular formula is C30H31F3N8O2. The molecule has 2 amide bonds. The lowest BCUT2D eigenvalue weighted by Crippen LogP contribution is -2.48. The molecule has 5 rings (SSSR count). The number of halogens is 3. The first-order valence-electron chi connectivity index (χ1n) is 14.0. The van der Waals surface area contributed by atoms with Crippen molar-refractivity contribution >= 4 is 17.5 Å². The number of carbonyl (C=O) groups excluding carboxylic acids is 2. The van der Waals surface area contributed by atoms with Crippen molar-refractivity contribution in [1.29, 1.82) is 0 Å². The summed E-state index contributed by atoms with van der Waals surface area (Å²) in [7, 11) is 0. The zero-order chi connectivity index (χ0) is 30.4. The van der Waals surface area contributed by atoms with Gasteiger partial charge in [0.1, 0.15) is 6.04 Å². The monoisotopic (exact) mass is 592 g/mol. The fraction of sp³-hybridized carbons (Fsp3) is 0.333. The van der Waals surface area contributed by atoms with Crippen LogP contribution in [0.1, 0.15) is 36.9 Å². The summed E-state index contributed by atoms with van der Waals surface area (Å²) in [6.07, 6.45) is -0.439. The predicted molar refractivity (Wildman–Crippen MR) is 153 cm³/mol. The Morgan fingerprint density at radius 3 is 2.44 bits per heavy atom. The molecule has 224 valence electrons. The molecule has 10 nitrogen and oxygen atoms in total. The van der Waals surface area contributed by atoms with E-state index in [1.807, 2.05) is 0 Å². The minimum absolute atomic E-state index is 0.0616. The van der Waals surface area contributed by atoms with E-state index in [0.717, 1.165) is 19.0 Å². The molecule has 43 heavy (non-hydrogen) atoms. The van der Waals surface area contributed by atoms with E-state index in [0.29, 0.717) is 53.5 Å². The number of amides is 2. The molecular weight excluding hydrogens is 561 g/mol. The summed E-state index contributed by atoms with van der Waals surface area (Å²) in [5, 5.41) is 19.5. The zero-order valence-corrected chi connectivity index (χ0v) is 23.1. The Kier molecular flexibility index (Phi) is 9.10. The first-order chi connectivity index (χ1) is 20.7.